The Hall–Kier alpha value is -2.00. The molecule has 34 heavy (non-hydrogen) atoms. The quantitative estimate of drug-likeness (QED) is 0.494. The van der Waals surface area contributed by atoms with E-state index in [9.17, 15) is 18.0 Å². The SMILES string of the molecule is Cc1ccc(Cl)cc1N(CC(=O)N(Cc1ccc(Cl)cc1Cl)C(C)C(=O)NC(C)C)S(C)(=O)=O. The summed E-state index contributed by atoms with van der Waals surface area (Å²) >= 11 is 18.4. The minimum absolute atomic E-state index is 0.0202. The number of benzene rings is 2. The van der Waals surface area contributed by atoms with Gasteiger partial charge in [0.1, 0.15) is 12.6 Å². The van der Waals surface area contributed by atoms with Crippen LogP contribution in [0.1, 0.15) is 31.9 Å². The molecule has 2 aromatic rings. The van der Waals surface area contributed by atoms with Crippen molar-refractivity contribution in [2.45, 2.75) is 46.3 Å². The number of anilines is 1. The Bertz CT molecular complexity index is 1170. The number of hydrogen-bond donors (Lipinski definition) is 1. The molecule has 0 fully saturated rings. The zero-order valence-electron chi connectivity index (χ0n) is 19.6. The molecular formula is C23H28Cl3N3O4S. The fourth-order valence-electron chi connectivity index (χ4n) is 3.27. The average molecular weight is 549 g/mol. The smallest absolute Gasteiger partial charge is 0.244 e. The fourth-order valence-corrected chi connectivity index (χ4v) is 4.80. The lowest BCUT2D eigenvalue weighted by molar-refractivity contribution is -0.139. The lowest BCUT2D eigenvalue weighted by atomic mass is 10.1. The van der Waals surface area contributed by atoms with Crippen molar-refractivity contribution in [3.8, 4) is 0 Å². The molecule has 186 valence electrons. The van der Waals surface area contributed by atoms with Crippen LogP contribution < -0.4 is 9.62 Å². The Morgan fingerprint density at radius 2 is 1.59 bits per heavy atom. The van der Waals surface area contributed by atoms with Crippen LogP contribution in [0.15, 0.2) is 36.4 Å². The van der Waals surface area contributed by atoms with Crippen molar-refractivity contribution in [1.29, 1.82) is 0 Å². The first-order valence-corrected chi connectivity index (χ1v) is 13.5. The van der Waals surface area contributed by atoms with Gasteiger partial charge in [0.05, 0.1) is 11.9 Å². The van der Waals surface area contributed by atoms with Crippen LogP contribution in [0.3, 0.4) is 0 Å². The van der Waals surface area contributed by atoms with Crippen LogP contribution in [-0.4, -0.2) is 50.0 Å². The third kappa shape index (κ3) is 7.50. The van der Waals surface area contributed by atoms with Gasteiger partial charge in [-0.25, -0.2) is 8.42 Å². The first-order chi connectivity index (χ1) is 15.7. The number of halogens is 3. The molecule has 0 spiro atoms. The summed E-state index contributed by atoms with van der Waals surface area (Å²) in [4.78, 5) is 27.6. The van der Waals surface area contributed by atoms with Gasteiger partial charge in [-0.2, -0.15) is 0 Å². The number of nitrogens with one attached hydrogen (secondary N) is 1. The number of sulfonamides is 1. The van der Waals surface area contributed by atoms with Crippen molar-refractivity contribution in [3.63, 3.8) is 0 Å². The van der Waals surface area contributed by atoms with Gasteiger partial charge in [-0.3, -0.25) is 13.9 Å². The van der Waals surface area contributed by atoms with Crippen LogP contribution in [0.2, 0.25) is 15.1 Å². The number of aryl methyl sites for hydroxylation is 1. The van der Waals surface area contributed by atoms with Crippen molar-refractivity contribution >= 4 is 62.3 Å². The van der Waals surface area contributed by atoms with Crippen molar-refractivity contribution in [1.82, 2.24) is 10.2 Å². The van der Waals surface area contributed by atoms with E-state index in [0.29, 0.717) is 26.2 Å². The summed E-state index contributed by atoms with van der Waals surface area (Å²) in [6.45, 7) is 6.37. The number of amides is 2. The van der Waals surface area contributed by atoms with Crippen molar-refractivity contribution < 1.29 is 18.0 Å². The fraction of sp³-hybridized carbons (Fsp3) is 0.391. The zero-order chi connectivity index (χ0) is 25.8. The van der Waals surface area contributed by atoms with Gasteiger partial charge in [0.15, 0.2) is 0 Å². The molecule has 2 aromatic carbocycles. The molecule has 0 bridgehead atoms. The lowest BCUT2D eigenvalue weighted by Gasteiger charge is -2.32. The molecule has 2 amide bonds. The minimum Gasteiger partial charge on any atom is -0.352 e. The van der Waals surface area contributed by atoms with Crippen LogP contribution >= 0.6 is 34.8 Å². The van der Waals surface area contributed by atoms with Gasteiger partial charge in [0, 0.05) is 27.7 Å². The second-order valence-electron chi connectivity index (χ2n) is 8.30. The molecule has 0 aromatic heterocycles. The normalized spacial score (nSPS) is 12.4. The third-order valence-corrected chi connectivity index (χ3v) is 7.02. The molecule has 0 aliphatic rings. The molecule has 1 N–H and O–H groups in total. The van der Waals surface area contributed by atoms with Gasteiger partial charge in [0.25, 0.3) is 0 Å². The molecule has 7 nitrogen and oxygen atoms in total. The highest BCUT2D eigenvalue weighted by molar-refractivity contribution is 7.92. The molecule has 0 heterocycles. The summed E-state index contributed by atoms with van der Waals surface area (Å²) in [7, 11) is -3.85. The Balaban J connectivity index is 2.47. The van der Waals surface area contributed by atoms with E-state index in [2.05, 4.69) is 5.32 Å². The van der Waals surface area contributed by atoms with Crippen LogP contribution in [0.5, 0.6) is 0 Å². The molecule has 2 rings (SSSR count). The van der Waals surface area contributed by atoms with Crippen LogP contribution in [0.25, 0.3) is 0 Å². The topological polar surface area (TPSA) is 86.8 Å². The van der Waals surface area contributed by atoms with Gasteiger partial charge >= 0.3 is 0 Å². The maximum atomic E-state index is 13.5. The van der Waals surface area contributed by atoms with Crippen LogP contribution in [-0.2, 0) is 26.2 Å². The summed E-state index contributed by atoms with van der Waals surface area (Å²) in [5.41, 5.74) is 1.47. The summed E-state index contributed by atoms with van der Waals surface area (Å²) in [6, 6.07) is 8.57. The number of carbonyl (C=O) groups excluding carboxylic acids is 2. The summed E-state index contributed by atoms with van der Waals surface area (Å²) in [5, 5.41) is 3.87. The molecule has 1 unspecified atom stereocenters. The molecule has 0 aliphatic heterocycles. The Labute approximate surface area is 216 Å². The molecule has 0 saturated carbocycles. The number of hydrogen-bond acceptors (Lipinski definition) is 4. The Morgan fingerprint density at radius 3 is 2.15 bits per heavy atom. The average Bonchev–Trinajstić information content (AvgIpc) is 2.71. The number of carbonyl (C=O) groups is 2. The molecule has 0 saturated heterocycles. The highest BCUT2D eigenvalue weighted by Crippen LogP contribution is 2.27. The Kier molecular flexibility index (Phi) is 9.65. The first kappa shape index (κ1) is 28.2. The number of nitrogens with zero attached hydrogens (tertiary/aromatic N) is 2. The lowest BCUT2D eigenvalue weighted by Crippen LogP contribution is -2.52. The van der Waals surface area contributed by atoms with Gasteiger partial charge in [-0.05, 0) is 63.1 Å². The number of rotatable bonds is 9. The maximum absolute atomic E-state index is 13.5. The van der Waals surface area contributed by atoms with E-state index in [4.69, 9.17) is 34.8 Å². The van der Waals surface area contributed by atoms with Gasteiger partial charge in [-0.15, -0.1) is 0 Å². The molecule has 1 atom stereocenters. The van der Waals surface area contributed by atoms with E-state index in [0.717, 1.165) is 10.6 Å². The van der Waals surface area contributed by atoms with Crippen LogP contribution in [0, 0.1) is 6.92 Å². The largest absolute Gasteiger partial charge is 0.352 e. The van der Waals surface area contributed by atoms with Crippen molar-refractivity contribution in [3.05, 3.63) is 62.6 Å². The first-order valence-electron chi connectivity index (χ1n) is 10.5. The van der Waals surface area contributed by atoms with Crippen molar-refractivity contribution in [2.75, 3.05) is 17.1 Å². The van der Waals surface area contributed by atoms with Crippen molar-refractivity contribution in [2.24, 2.45) is 0 Å². The van der Waals surface area contributed by atoms with E-state index < -0.39 is 28.5 Å². The predicted molar refractivity (Wildman–Crippen MR) is 138 cm³/mol. The zero-order valence-corrected chi connectivity index (χ0v) is 22.7. The van der Waals surface area contributed by atoms with E-state index in [-0.39, 0.29) is 24.2 Å². The third-order valence-electron chi connectivity index (χ3n) is 5.07. The molecule has 0 radical (unpaired) electrons. The second kappa shape index (κ2) is 11.6. The van der Waals surface area contributed by atoms with Gasteiger partial charge in [-0.1, -0.05) is 46.9 Å². The van der Waals surface area contributed by atoms with Gasteiger partial charge < -0.3 is 10.2 Å². The Morgan fingerprint density at radius 1 is 1.00 bits per heavy atom. The second-order valence-corrected chi connectivity index (χ2v) is 11.5. The standard InChI is InChI=1S/C23H28Cl3N3O4S/c1-14(2)27-23(31)16(4)28(12-17-7-9-18(24)10-20(17)26)22(30)13-29(34(5,32)33)21-11-19(25)8-6-15(21)3/h6-11,14,16H,12-13H2,1-5H3,(H,27,31). The van der Waals surface area contributed by atoms with Crippen LogP contribution in [0.4, 0.5) is 5.69 Å². The van der Waals surface area contributed by atoms with E-state index >= 15 is 0 Å². The van der Waals surface area contributed by atoms with Gasteiger partial charge in [0.2, 0.25) is 21.8 Å². The van der Waals surface area contributed by atoms with E-state index in [1.165, 1.54) is 17.0 Å². The maximum Gasteiger partial charge on any atom is 0.244 e. The van der Waals surface area contributed by atoms with E-state index in [1.807, 2.05) is 0 Å². The highest BCUT2D eigenvalue weighted by Gasteiger charge is 2.31. The van der Waals surface area contributed by atoms with E-state index in [1.54, 1.807) is 52.0 Å². The molecule has 11 heteroatoms. The molecular weight excluding hydrogens is 521 g/mol. The minimum atomic E-state index is -3.85. The predicted octanol–water partition coefficient (Wildman–Crippen LogP) is 4.66. The molecule has 0 aliphatic carbocycles. The monoisotopic (exact) mass is 547 g/mol. The summed E-state index contributed by atoms with van der Waals surface area (Å²) < 4.78 is 26.3. The highest BCUT2D eigenvalue weighted by atomic mass is 35.5. The summed E-state index contributed by atoms with van der Waals surface area (Å²) in [6.07, 6.45) is 1.01. The summed E-state index contributed by atoms with van der Waals surface area (Å²) in [5.74, 6) is -0.958.